The van der Waals surface area contributed by atoms with Crippen molar-refractivity contribution in [3.63, 3.8) is 0 Å². The average molecular weight is 177 g/mol. The lowest BCUT2D eigenvalue weighted by Gasteiger charge is -2.29. The van der Waals surface area contributed by atoms with Crippen LogP contribution >= 0.6 is 0 Å². The van der Waals surface area contributed by atoms with Gasteiger partial charge in [-0.2, -0.15) is 0 Å². The minimum absolute atomic E-state index is 1.21. The van der Waals surface area contributed by atoms with Gasteiger partial charge in [0.1, 0.15) is 0 Å². The van der Waals surface area contributed by atoms with Crippen molar-refractivity contribution >= 4 is 0 Å². The van der Waals surface area contributed by atoms with E-state index in [0.29, 0.717) is 0 Å². The molecule has 1 heterocycles. The van der Waals surface area contributed by atoms with Crippen LogP contribution in [-0.4, -0.2) is 18.0 Å². The fourth-order valence-electron chi connectivity index (χ4n) is 1.70. The predicted molar refractivity (Wildman–Crippen MR) is 58.5 cm³/mol. The highest BCUT2D eigenvalue weighted by atomic mass is 15.1. The summed E-state index contributed by atoms with van der Waals surface area (Å²) >= 11 is 0. The zero-order chi connectivity index (χ0) is 9.52. The Hall–Kier alpha value is -0.980. The molecule has 1 rings (SSSR count). The van der Waals surface area contributed by atoms with Crippen LogP contribution in [0.2, 0.25) is 0 Å². The molecule has 0 spiro atoms. The third-order valence-electron chi connectivity index (χ3n) is 2.42. The Labute approximate surface area is 81.4 Å². The van der Waals surface area contributed by atoms with Crippen LogP contribution < -0.4 is 0 Å². The van der Waals surface area contributed by atoms with E-state index in [1.54, 1.807) is 0 Å². The molecule has 0 aromatic heterocycles. The topological polar surface area (TPSA) is 3.24 Å². The van der Waals surface area contributed by atoms with E-state index < -0.39 is 0 Å². The summed E-state index contributed by atoms with van der Waals surface area (Å²) in [5, 5.41) is 0. The summed E-state index contributed by atoms with van der Waals surface area (Å²) in [6.07, 6.45) is 12.2. The van der Waals surface area contributed by atoms with Crippen molar-refractivity contribution in [3.8, 4) is 0 Å². The molecule has 1 fully saturated rings. The predicted octanol–water partition coefficient (Wildman–Crippen LogP) is 3.12. The Morgan fingerprint density at radius 1 is 1.23 bits per heavy atom. The first kappa shape index (κ1) is 10.1. The molecular weight excluding hydrogens is 158 g/mol. The fourth-order valence-corrected chi connectivity index (χ4v) is 1.70. The first-order chi connectivity index (χ1) is 6.38. The molecule has 1 nitrogen and oxygen atoms in total. The van der Waals surface area contributed by atoms with E-state index in [1.165, 1.54) is 38.0 Å². The number of allylic oxidation sites excluding steroid dienone is 4. The van der Waals surface area contributed by atoms with Crippen LogP contribution in [0.3, 0.4) is 0 Å². The Kier molecular flexibility index (Phi) is 4.37. The number of nitrogens with zero attached hydrogens (tertiary/aromatic N) is 1. The number of rotatable bonds is 3. The second kappa shape index (κ2) is 5.63. The van der Waals surface area contributed by atoms with Crippen LogP contribution in [0.5, 0.6) is 0 Å². The Balaban J connectivity index is 2.54. The molecule has 1 heteroatoms. The second-order valence-electron chi connectivity index (χ2n) is 3.36. The van der Waals surface area contributed by atoms with Crippen LogP contribution in [0.1, 0.15) is 26.2 Å². The molecule has 0 aliphatic carbocycles. The highest BCUT2D eigenvalue weighted by molar-refractivity contribution is 5.20. The molecule has 0 saturated carbocycles. The SMILES string of the molecule is C=C/C=C\C(=C/C)N1CCCCC1. The maximum atomic E-state index is 3.68. The molecule has 1 saturated heterocycles. The van der Waals surface area contributed by atoms with Gasteiger partial charge in [0.05, 0.1) is 0 Å². The zero-order valence-electron chi connectivity index (χ0n) is 8.50. The summed E-state index contributed by atoms with van der Waals surface area (Å²) in [7, 11) is 0. The molecule has 0 radical (unpaired) electrons. The van der Waals surface area contributed by atoms with Gasteiger partial charge in [0.25, 0.3) is 0 Å². The standard InChI is InChI=1S/C12H19N/c1-3-5-9-12(4-2)13-10-7-6-8-11-13/h3-5,9H,1,6-8,10-11H2,2H3/b9-5-,12-4+. The third-order valence-corrected chi connectivity index (χ3v) is 2.42. The van der Waals surface area contributed by atoms with E-state index in [1.807, 2.05) is 12.2 Å². The number of likely N-dealkylation sites (tertiary alicyclic amines) is 1. The zero-order valence-corrected chi connectivity index (χ0v) is 8.50. The van der Waals surface area contributed by atoms with E-state index >= 15 is 0 Å². The van der Waals surface area contributed by atoms with Gasteiger partial charge >= 0.3 is 0 Å². The van der Waals surface area contributed by atoms with Gasteiger partial charge in [0.15, 0.2) is 0 Å². The fraction of sp³-hybridized carbons (Fsp3) is 0.500. The van der Waals surface area contributed by atoms with Crippen LogP contribution in [-0.2, 0) is 0 Å². The molecule has 0 amide bonds. The van der Waals surface area contributed by atoms with Crippen LogP contribution in [0, 0.1) is 0 Å². The van der Waals surface area contributed by atoms with Crippen molar-refractivity contribution < 1.29 is 0 Å². The normalized spacial score (nSPS) is 19.5. The Morgan fingerprint density at radius 3 is 2.46 bits per heavy atom. The van der Waals surface area contributed by atoms with E-state index in [0.717, 1.165) is 0 Å². The molecule has 0 N–H and O–H groups in total. The summed E-state index contributed by atoms with van der Waals surface area (Å²) in [5.41, 5.74) is 1.33. The lowest BCUT2D eigenvalue weighted by molar-refractivity contribution is 0.293. The Bertz CT molecular complexity index is 207. The maximum Gasteiger partial charge on any atom is 0.0322 e. The molecule has 0 aromatic rings. The van der Waals surface area contributed by atoms with Gasteiger partial charge < -0.3 is 4.90 Å². The first-order valence-electron chi connectivity index (χ1n) is 5.09. The summed E-state index contributed by atoms with van der Waals surface area (Å²) in [6, 6.07) is 0. The maximum absolute atomic E-state index is 3.68. The molecule has 0 bridgehead atoms. The molecule has 1 aliphatic rings. The summed E-state index contributed by atoms with van der Waals surface area (Å²) < 4.78 is 0. The van der Waals surface area contributed by atoms with Gasteiger partial charge in [-0.05, 0) is 32.3 Å². The summed E-state index contributed by atoms with van der Waals surface area (Å²) in [5.74, 6) is 0. The van der Waals surface area contributed by atoms with Gasteiger partial charge in [-0.15, -0.1) is 0 Å². The quantitative estimate of drug-likeness (QED) is 0.599. The van der Waals surface area contributed by atoms with Gasteiger partial charge in [0.2, 0.25) is 0 Å². The monoisotopic (exact) mass is 177 g/mol. The number of hydrogen-bond donors (Lipinski definition) is 0. The smallest absolute Gasteiger partial charge is 0.0322 e. The first-order valence-corrected chi connectivity index (χ1v) is 5.09. The van der Waals surface area contributed by atoms with Crippen LogP contribution in [0.15, 0.2) is 36.6 Å². The minimum atomic E-state index is 1.21. The van der Waals surface area contributed by atoms with Crippen molar-refractivity contribution in [2.75, 3.05) is 13.1 Å². The van der Waals surface area contributed by atoms with Crippen molar-refractivity contribution in [1.29, 1.82) is 0 Å². The lowest BCUT2D eigenvalue weighted by Crippen LogP contribution is -2.28. The highest BCUT2D eigenvalue weighted by Gasteiger charge is 2.09. The lowest BCUT2D eigenvalue weighted by atomic mass is 10.1. The van der Waals surface area contributed by atoms with Gasteiger partial charge in [-0.3, -0.25) is 0 Å². The van der Waals surface area contributed by atoms with Crippen molar-refractivity contribution in [2.45, 2.75) is 26.2 Å². The minimum Gasteiger partial charge on any atom is -0.372 e. The average Bonchev–Trinajstić information content (AvgIpc) is 2.21. The third kappa shape index (κ3) is 3.10. The van der Waals surface area contributed by atoms with Gasteiger partial charge in [-0.25, -0.2) is 0 Å². The second-order valence-corrected chi connectivity index (χ2v) is 3.36. The van der Waals surface area contributed by atoms with Crippen molar-refractivity contribution in [3.05, 3.63) is 36.6 Å². The number of piperidine rings is 1. The Morgan fingerprint density at radius 2 is 1.92 bits per heavy atom. The van der Waals surface area contributed by atoms with E-state index in [9.17, 15) is 0 Å². The molecule has 1 aliphatic heterocycles. The molecule has 0 unspecified atom stereocenters. The molecule has 0 aromatic carbocycles. The van der Waals surface area contributed by atoms with Crippen molar-refractivity contribution in [1.82, 2.24) is 4.90 Å². The van der Waals surface area contributed by atoms with E-state index in [-0.39, 0.29) is 0 Å². The molecule has 0 atom stereocenters. The summed E-state index contributed by atoms with van der Waals surface area (Å²) in [6.45, 7) is 8.19. The highest BCUT2D eigenvalue weighted by Crippen LogP contribution is 2.15. The van der Waals surface area contributed by atoms with Crippen molar-refractivity contribution in [2.24, 2.45) is 0 Å². The summed E-state index contributed by atoms with van der Waals surface area (Å²) in [4.78, 5) is 2.45. The van der Waals surface area contributed by atoms with Gasteiger partial charge in [0, 0.05) is 18.8 Å². The largest absolute Gasteiger partial charge is 0.372 e. The molecular formula is C12H19N. The van der Waals surface area contributed by atoms with E-state index in [2.05, 4.69) is 30.6 Å². The number of hydrogen-bond acceptors (Lipinski definition) is 1. The van der Waals surface area contributed by atoms with Crippen LogP contribution in [0.4, 0.5) is 0 Å². The molecule has 72 valence electrons. The molecule has 13 heavy (non-hydrogen) atoms. The van der Waals surface area contributed by atoms with Gasteiger partial charge in [-0.1, -0.05) is 24.8 Å². The van der Waals surface area contributed by atoms with Crippen LogP contribution in [0.25, 0.3) is 0 Å². The van der Waals surface area contributed by atoms with E-state index in [4.69, 9.17) is 0 Å².